The molecule has 0 radical (unpaired) electrons. The number of halogens is 4. The molecular weight excluding hydrogens is 436 g/mol. The topological polar surface area (TPSA) is 88.6 Å². The Morgan fingerprint density at radius 1 is 1.13 bits per heavy atom. The Bertz CT molecular complexity index is 1160. The molecule has 0 unspecified atom stereocenters. The summed E-state index contributed by atoms with van der Waals surface area (Å²) >= 11 is -0.543. The summed E-state index contributed by atoms with van der Waals surface area (Å²) in [7, 11) is 0. The number of H-pyrrole nitrogens is 1. The number of aromatic nitrogens is 4. The molecule has 0 fully saturated rings. The van der Waals surface area contributed by atoms with E-state index in [4.69, 9.17) is 0 Å². The fourth-order valence-corrected chi connectivity index (χ4v) is 3.39. The summed E-state index contributed by atoms with van der Waals surface area (Å²) in [6.07, 6.45) is 2.74. The monoisotopic (exact) mass is 452 g/mol. The Labute approximate surface area is 178 Å². The zero-order valence-electron chi connectivity index (χ0n) is 16.3. The van der Waals surface area contributed by atoms with Crippen LogP contribution in [0, 0.1) is 5.82 Å². The predicted octanol–water partition coefficient (Wildman–Crippen LogP) is 4.53. The van der Waals surface area contributed by atoms with Gasteiger partial charge in [0.2, 0.25) is 0 Å². The first-order valence-corrected chi connectivity index (χ1v) is 9.74. The minimum Gasteiger partial charge on any atom is -0.304 e. The fraction of sp³-hybridized carbons (Fsp3) is 0.250. The normalized spacial score (nSPS) is 12.1. The number of ketones is 1. The number of Topliss-reactive ketones (excluding diaryl/α,β-unsaturated/α-hetero) is 1. The quantitative estimate of drug-likeness (QED) is 0.336. The highest BCUT2D eigenvalue weighted by atomic mass is 32.2. The van der Waals surface area contributed by atoms with E-state index in [-0.39, 0.29) is 23.8 Å². The second-order valence-corrected chi connectivity index (χ2v) is 8.34. The van der Waals surface area contributed by atoms with Crippen LogP contribution in [0.2, 0.25) is 0 Å². The van der Waals surface area contributed by atoms with Crippen molar-refractivity contribution in [2.75, 3.05) is 0 Å². The van der Waals surface area contributed by atoms with Crippen molar-refractivity contribution in [2.45, 2.75) is 36.1 Å². The highest BCUT2D eigenvalue weighted by Gasteiger charge is 2.32. The van der Waals surface area contributed by atoms with Crippen LogP contribution >= 0.6 is 11.8 Å². The molecule has 1 N–H and O–H groups in total. The van der Waals surface area contributed by atoms with Gasteiger partial charge in [-0.1, -0.05) is 19.9 Å². The molecule has 0 aliphatic carbocycles. The Morgan fingerprint density at radius 2 is 1.81 bits per heavy atom. The Balaban J connectivity index is 1.85. The highest BCUT2D eigenvalue weighted by Crippen LogP contribution is 2.39. The number of hydrogen-bond acceptors (Lipinski definition) is 6. The van der Waals surface area contributed by atoms with Gasteiger partial charge in [0.25, 0.3) is 5.56 Å². The van der Waals surface area contributed by atoms with Crippen LogP contribution in [-0.2, 0) is 5.41 Å². The van der Waals surface area contributed by atoms with Crippen molar-refractivity contribution in [2.24, 2.45) is 0 Å². The van der Waals surface area contributed by atoms with E-state index in [0.717, 1.165) is 18.2 Å². The first kappa shape index (κ1) is 22.6. The maximum absolute atomic E-state index is 14.2. The molecule has 162 valence electrons. The summed E-state index contributed by atoms with van der Waals surface area (Å²) in [5, 5.41) is 0. The number of nitrogens with zero attached hydrogens (tertiary/aromatic N) is 3. The van der Waals surface area contributed by atoms with Gasteiger partial charge in [0.1, 0.15) is 11.5 Å². The van der Waals surface area contributed by atoms with Crippen molar-refractivity contribution < 1.29 is 22.4 Å². The first-order chi connectivity index (χ1) is 14.4. The zero-order chi connectivity index (χ0) is 22.8. The van der Waals surface area contributed by atoms with Crippen LogP contribution in [0.1, 0.15) is 36.3 Å². The van der Waals surface area contributed by atoms with Crippen LogP contribution in [0.3, 0.4) is 0 Å². The number of alkyl halides is 3. The molecule has 3 aromatic rings. The summed E-state index contributed by atoms with van der Waals surface area (Å²) < 4.78 is 51.7. The van der Waals surface area contributed by atoms with Gasteiger partial charge in [-0.3, -0.25) is 9.59 Å². The highest BCUT2D eigenvalue weighted by molar-refractivity contribution is 8.00. The number of aromatic amines is 1. The average molecular weight is 452 g/mol. The molecule has 0 saturated heterocycles. The van der Waals surface area contributed by atoms with Crippen LogP contribution in [0.4, 0.5) is 17.6 Å². The van der Waals surface area contributed by atoms with Crippen molar-refractivity contribution in [1.29, 1.82) is 0 Å². The van der Waals surface area contributed by atoms with E-state index in [9.17, 15) is 27.2 Å². The summed E-state index contributed by atoms with van der Waals surface area (Å²) in [6, 6.07) is 5.98. The lowest BCUT2D eigenvalue weighted by Gasteiger charge is -2.25. The van der Waals surface area contributed by atoms with Gasteiger partial charge in [0.15, 0.2) is 17.4 Å². The lowest BCUT2D eigenvalue weighted by molar-refractivity contribution is -0.0329. The van der Waals surface area contributed by atoms with Crippen molar-refractivity contribution in [3.63, 3.8) is 0 Å². The number of carbonyl (C=O) groups excluding carboxylic acids is 1. The van der Waals surface area contributed by atoms with Gasteiger partial charge in [-0.2, -0.15) is 13.2 Å². The van der Waals surface area contributed by atoms with Crippen molar-refractivity contribution in [3.8, 4) is 11.6 Å². The Morgan fingerprint density at radius 3 is 2.42 bits per heavy atom. The van der Waals surface area contributed by atoms with Crippen LogP contribution in [0.15, 0.2) is 52.4 Å². The summed E-state index contributed by atoms with van der Waals surface area (Å²) in [4.78, 5) is 38.8. The minimum absolute atomic E-state index is 0.0221. The molecule has 0 aliphatic rings. The SMILES string of the molecule is CC(C)(CC(=O)c1cc(=O)[nH]c(-c2ncccn2)n1)c1ccc(SC(F)(F)F)c(F)c1. The van der Waals surface area contributed by atoms with Gasteiger partial charge in [-0.25, -0.2) is 19.3 Å². The third-order valence-corrected chi connectivity index (χ3v) is 5.13. The first-order valence-electron chi connectivity index (χ1n) is 8.92. The van der Waals surface area contributed by atoms with E-state index < -0.39 is 44.7 Å². The summed E-state index contributed by atoms with van der Waals surface area (Å²) in [6.45, 7) is 3.29. The molecule has 0 atom stereocenters. The number of rotatable bonds is 6. The smallest absolute Gasteiger partial charge is 0.304 e. The molecule has 31 heavy (non-hydrogen) atoms. The maximum Gasteiger partial charge on any atom is 0.446 e. The molecule has 6 nitrogen and oxygen atoms in total. The average Bonchev–Trinajstić information content (AvgIpc) is 2.68. The Hall–Kier alpha value is -3.08. The zero-order valence-corrected chi connectivity index (χ0v) is 17.1. The van der Waals surface area contributed by atoms with Crippen molar-refractivity contribution in [3.05, 3.63) is 70.2 Å². The number of carbonyl (C=O) groups is 1. The van der Waals surface area contributed by atoms with E-state index in [0.29, 0.717) is 5.56 Å². The van der Waals surface area contributed by atoms with Crippen LogP contribution in [-0.4, -0.2) is 31.2 Å². The van der Waals surface area contributed by atoms with Gasteiger partial charge in [0.05, 0.1) is 4.90 Å². The van der Waals surface area contributed by atoms with Crippen LogP contribution in [0.5, 0.6) is 0 Å². The minimum atomic E-state index is -4.61. The fourth-order valence-electron chi connectivity index (χ4n) is 2.85. The van der Waals surface area contributed by atoms with E-state index in [1.807, 2.05) is 0 Å². The molecule has 0 spiro atoms. The molecule has 0 saturated carbocycles. The van der Waals surface area contributed by atoms with Crippen LogP contribution in [0.25, 0.3) is 11.6 Å². The standard InChI is InChI=1S/C20H16F4N4O2S/c1-19(2,11-4-5-15(12(21)8-11)31-20(22,23)24)10-14(29)13-9-16(30)28-18(27-13)17-25-6-3-7-26-17/h3-9H,10H2,1-2H3,(H,27,28,30). The molecular formula is C20H16F4N4O2S. The molecule has 1 aromatic carbocycles. The van der Waals surface area contributed by atoms with E-state index in [2.05, 4.69) is 19.9 Å². The van der Waals surface area contributed by atoms with Gasteiger partial charge < -0.3 is 4.98 Å². The third-order valence-electron chi connectivity index (χ3n) is 4.35. The van der Waals surface area contributed by atoms with E-state index in [1.54, 1.807) is 19.9 Å². The lowest BCUT2D eigenvalue weighted by atomic mass is 9.79. The lowest BCUT2D eigenvalue weighted by Crippen LogP contribution is -2.24. The van der Waals surface area contributed by atoms with E-state index >= 15 is 0 Å². The van der Waals surface area contributed by atoms with Crippen LogP contribution < -0.4 is 5.56 Å². The summed E-state index contributed by atoms with van der Waals surface area (Å²) in [5.74, 6) is -1.37. The summed E-state index contributed by atoms with van der Waals surface area (Å²) in [5.41, 5.74) is -5.91. The number of hydrogen-bond donors (Lipinski definition) is 1. The van der Waals surface area contributed by atoms with Crippen molar-refractivity contribution in [1.82, 2.24) is 19.9 Å². The second-order valence-electron chi connectivity index (χ2n) is 7.23. The third kappa shape index (κ3) is 5.75. The molecule has 0 amide bonds. The molecule has 0 bridgehead atoms. The molecule has 0 aliphatic heterocycles. The van der Waals surface area contributed by atoms with Gasteiger partial charge >= 0.3 is 5.51 Å². The van der Waals surface area contributed by atoms with Gasteiger partial charge in [-0.05, 0) is 40.9 Å². The largest absolute Gasteiger partial charge is 0.446 e. The predicted molar refractivity (Wildman–Crippen MR) is 106 cm³/mol. The molecule has 2 aromatic heterocycles. The van der Waals surface area contributed by atoms with Gasteiger partial charge in [-0.15, -0.1) is 0 Å². The van der Waals surface area contributed by atoms with Crippen molar-refractivity contribution >= 4 is 17.5 Å². The van der Waals surface area contributed by atoms with E-state index in [1.165, 1.54) is 18.5 Å². The number of benzene rings is 1. The second kappa shape index (κ2) is 8.58. The number of nitrogens with one attached hydrogen (secondary N) is 1. The molecule has 2 heterocycles. The van der Waals surface area contributed by atoms with Gasteiger partial charge in [0, 0.05) is 24.9 Å². The molecule has 11 heteroatoms. The Kier molecular flexibility index (Phi) is 6.25. The molecule has 3 rings (SSSR count). The maximum atomic E-state index is 14.2. The number of thioether (sulfide) groups is 1.